The van der Waals surface area contributed by atoms with Crippen LogP contribution in [0.1, 0.15) is 25.7 Å². The molecule has 0 saturated heterocycles. The summed E-state index contributed by atoms with van der Waals surface area (Å²) in [6.07, 6.45) is 5.66. The zero-order chi connectivity index (χ0) is 9.90. The first-order valence-electron chi connectivity index (χ1n) is 4.18. The van der Waals surface area contributed by atoms with Crippen molar-refractivity contribution in [3.05, 3.63) is 0 Å². The second-order valence-corrected chi connectivity index (χ2v) is 3.89. The summed E-state index contributed by atoms with van der Waals surface area (Å²) in [5.41, 5.74) is 1.74. The van der Waals surface area contributed by atoms with Crippen LogP contribution in [-0.2, 0) is 0 Å². The van der Waals surface area contributed by atoms with Gasteiger partial charge in [0.05, 0.1) is 0 Å². The molecule has 76 valence electrons. The molecule has 0 aliphatic carbocycles. The third kappa shape index (κ3) is 4.54. The lowest BCUT2D eigenvalue weighted by Gasteiger charge is -2.17. The second-order valence-electron chi connectivity index (χ2n) is 3.14. The Morgan fingerprint density at radius 1 is 0.923 bits per heavy atom. The molecule has 0 radical (unpaired) electrons. The summed E-state index contributed by atoms with van der Waals surface area (Å²) in [5, 5.41) is 0. The van der Waals surface area contributed by atoms with Crippen LogP contribution < -0.4 is 18.6 Å². The van der Waals surface area contributed by atoms with Crippen molar-refractivity contribution in [1.82, 2.24) is 0 Å². The normalized spacial score (nSPS) is 21.2. The van der Waals surface area contributed by atoms with Gasteiger partial charge in [0.2, 0.25) is 0 Å². The Hall–Kier alpha value is -0.200. The van der Waals surface area contributed by atoms with Crippen molar-refractivity contribution in [2.75, 3.05) is 13.1 Å². The maximum Gasteiger partial charge on any atom is 0.152 e. The molecular formula is C7H12ClNO4. The summed E-state index contributed by atoms with van der Waals surface area (Å²) in [5.74, 6) is 0. The van der Waals surface area contributed by atoms with Crippen LogP contribution >= 0.6 is 0 Å². The van der Waals surface area contributed by atoms with Gasteiger partial charge in [-0.2, -0.15) is 0 Å². The van der Waals surface area contributed by atoms with Gasteiger partial charge in [0, 0.05) is 25.7 Å². The Kier molecular flexibility index (Phi) is 3.63. The Bertz CT molecular complexity index is 177. The van der Waals surface area contributed by atoms with Gasteiger partial charge in [0.25, 0.3) is 0 Å². The highest BCUT2D eigenvalue weighted by Crippen LogP contribution is 2.15. The summed E-state index contributed by atoms with van der Waals surface area (Å²) in [7, 11) is -4.94. The number of hydrogen-bond acceptors (Lipinski definition) is 4. The molecule has 0 unspecified atom stereocenters. The van der Waals surface area contributed by atoms with E-state index in [2.05, 4.69) is 4.58 Å². The van der Waals surface area contributed by atoms with Crippen molar-refractivity contribution >= 4 is 5.71 Å². The van der Waals surface area contributed by atoms with E-state index in [-0.39, 0.29) is 0 Å². The predicted molar refractivity (Wildman–Crippen MR) is 33.5 cm³/mol. The Labute approximate surface area is 78.7 Å². The molecule has 13 heavy (non-hydrogen) atoms. The van der Waals surface area contributed by atoms with E-state index in [1.807, 2.05) is 0 Å². The first-order chi connectivity index (χ1) is 5.97. The fourth-order valence-corrected chi connectivity index (χ4v) is 1.82. The molecule has 2 aliphatic heterocycles. The molecule has 0 saturated carbocycles. The number of hydrogen-bond donors (Lipinski definition) is 0. The van der Waals surface area contributed by atoms with Gasteiger partial charge in [-0.3, -0.25) is 0 Å². The van der Waals surface area contributed by atoms with Crippen LogP contribution in [0.2, 0.25) is 0 Å². The first-order valence-corrected chi connectivity index (χ1v) is 5.41. The number of rotatable bonds is 0. The van der Waals surface area contributed by atoms with Gasteiger partial charge in [0.1, 0.15) is 13.1 Å². The van der Waals surface area contributed by atoms with Crippen molar-refractivity contribution in [3.63, 3.8) is 0 Å². The smallest absolute Gasteiger partial charge is 0.152 e. The average molecular weight is 210 g/mol. The highest BCUT2D eigenvalue weighted by atomic mass is 35.7. The lowest BCUT2D eigenvalue weighted by molar-refractivity contribution is -2.00. The number of halogens is 1. The minimum atomic E-state index is -4.94. The fourth-order valence-electron chi connectivity index (χ4n) is 1.82. The van der Waals surface area contributed by atoms with Crippen LogP contribution in [0.25, 0.3) is 0 Å². The van der Waals surface area contributed by atoms with E-state index in [1.54, 1.807) is 5.71 Å². The van der Waals surface area contributed by atoms with Gasteiger partial charge >= 0.3 is 0 Å². The summed E-state index contributed by atoms with van der Waals surface area (Å²) in [4.78, 5) is 0. The minimum absolute atomic E-state index is 1.36. The van der Waals surface area contributed by atoms with Gasteiger partial charge in [-0.25, -0.2) is 23.2 Å². The third-order valence-corrected chi connectivity index (χ3v) is 2.23. The molecule has 0 aromatic heterocycles. The maximum atomic E-state index is 8.49. The third-order valence-electron chi connectivity index (χ3n) is 2.23. The van der Waals surface area contributed by atoms with Gasteiger partial charge in [0.15, 0.2) is 5.71 Å². The molecule has 2 heterocycles. The van der Waals surface area contributed by atoms with E-state index >= 15 is 0 Å². The lowest BCUT2D eigenvalue weighted by Crippen LogP contribution is -2.68. The van der Waals surface area contributed by atoms with Gasteiger partial charge < -0.3 is 0 Å². The molecule has 0 bridgehead atoms. The largest absolute Gasteiger partial charge is 0.237 e. The van der Waals surface area contributed by atoms with Crippen molar-refractivity contribution in [2.45, 2.75) is 25.7 Å². The zero-order valence-electron chi connectivity index (χ0n) is 7.20. The summed E-state index contributed by atoms with van der Waals surface area (Å²) in [6, 6.07) is 0. The van der Waals surface area contributed by atoms with E-state index in [0.717, 1.165) is 0 Å². The molecule has 0 atom stereocenters. The quantitative estimate of drug-likeness (QED) is 0.383. The van der Waals surface area contributed by atoms with E-state index in [1.165, 1.54) is 38.8 Å². The van der Waals surface area contributed by atoms with Crippen LogP contribution in [0.4, 0.5) is 0 Å². The van der Waals surface area contributed by atoms with Crippen LogP contribution in [-0.4, -0.2) is 23.4 Å². The minimum Gasteiger partial charge on any atom is -0.237 e. The lowest BCUT2D eigenvalue weighted by atomic mass is 10.2. The molecule has 0 fully saturated rings. The molecule has 2 rings (SSSR count). The van der Waals surface area contributed by atoms with Crippen molar-refractivity contribution in [3.8, 4) is 0 Å². The monoisotopic (exact) mass is 209 g/mol. The summed E-state index contributed by atoms with van der Waals surface area (Å²) in [6.45, 7) is 2.71. The average Bonchev–Trinajstić information content (AvgIpc) is 2.36. The number of nitrogens with zero attached hydrogens (tertiary/aromatic N) is 1. The zero-order valence-corrected chi connectivity index (χ0v) is 7.96. The first kappa shape index (κ1) is 10.9. The topological polar surface area (TPSA) is 95.2 Å². The van der Waals surface area contributed by atoms with Crippen LogP contribution in [0.15, 0.2) is 0 Å². The highest BCUT2D eigenvalue weighted by molar-refractivity contribution is 5.81. The molecule has 0 N–H and O–H groups in total. The van der Waals surface area contributed by atoms with Crippen molar-refractivity contribution < 1.29 is 33.5 Å². The molecule has 0 aromatic rings. The van der Waals surface area contributed by atoms with Crippen LogP contribution in [0.5, 0.6) is 0 Å². The molecule has 5 nitrogen and oxygen atoms in total. The predicted octanol–water partition coefficient (Wildman–Crippen LogP) is -3.73. The van der Waals surface area contributed by atoms with E-state index in [0.29, 0.717) is 0 Å². The van der Waals surface area contributed by atoms with Gasteiger partial charge in [-0.05, 0) is 0 Å². The Balaban J connectivity index is 0.000000149. The van der Waals surface area contributed by atoms with Gasteiger partial charge in [-0.15, -0.1) is 10.2 Å². The highest BCUT2D eigenvalue weighted by Gasteiger charge is 2.26. The van der Waals surface area contributed by atoms with E-state index < -0.39 is 10.2 Å². The summed E-state index contributed by atoms with van der Waals surface area (Å²) >= 11 is 0. The SMILES string of the molecule is C1CC2=[N+](C1)CCC2.[O-][Cl+3]([O-])([O-])[O-]. The Morgan fingerprint density at radius 3 is 1.62 bits per heavy atom. The van der Waals surface area contributed by atoms with Crippen LogP contribution in [0.3, 0.4) is 0 Å². The van der Waals surface area contributed by atoms with Crippen LogP contribution in [0, 0.1) is 10.2 Å². The molecule has 0 aromatic carbocycles. The summed E-state index contributed by atoms with van der Waals surface area (Å²) < 4.78 is 36.5. The molecular weight excluding hydrogens is 198 g/mol. The molecule has 0 amide bonds. The Morgan fingerprint density at radius 2 is 1.31 bits per heavy atom. The van der Waals surface area contributed by atoms with Crippen molar-refractivity contribution in [1.29, 1.82) is 0 Å². The molecule has 0 spiro atoms. The maximum absolute atomic E-state index is 8.49. The fraction of sp³-hybridized carbons (Fsp3) is 0.857. The van der Waals surface area contributed by atoms with E-state index in [4.69, 9.17) is 18.6 Å². The standard InChI is InChI=1S/C7H12N.ClHO4/c1-3-7-4-2-6-8(7)5-1;2-1(3,4)5/h1-6H2;(H,2,3,4,5)/q+1;/p-1. The second kappa shape index (κ2) is 4.34. The van der Waals surface area contributed by atoms with Gasteiger partial charge in [-0.1, -0.05) is 0 Å². The van der Waals surface area contributed by atoms with Crippen molar-refractivity contribution in [2.24, 2.45) is 0 Å². The van der Waals surface area contributed by atoms with E-state index in [9.17, 15) is 0 Å². The molecule has 2 aliphatic rings. The molecule has 6 heteroatoms.